The van der Waals surface area contributed by atoms with Gasteiger partial charge in [-0.3, -0.25) is 9.40 Å². The zero-order chi connectivity index (χ0) is 20.3. The summed E-state index contributed by atoms with van der Waals surface area (Å²) in [6, 6.07) is 4.38. The second kappa shape index (κ2) is 7.86. The monoisotopic (exact) mass is 425 g/mol. The van der Waals surface area contributed by atoms with Crippen LogP contribution in [-0.2, 0) is 26.0 Å². The van der Waals surface area contributed by atoms with E-state index in [2.05, 4.69) is 19.3 Å². The molecule has 0 atom stereocenters. The number of anilines is 1. The molecule has 3 aromatic heterocycles. The summed E-state index contributed by atoms with van der Waals surface area (Å²) in [5.41, 5.74) is 0.196. The highest BCUT2D eigenvalue weighted by Gasteiger charge is 2.25. The number of sulfonamides is 1. The van der Waals surface area contributed by atoms with Gasteiger partial charge in [-0.25, -0.2) is 18.0 Å². The fraction of sp³-hybridized carbons (Fsp3) is 0.188. The maximum absolute atomic E-state index is 12.6. The molecular formula is C16H15N3O7S2. The largest absolute Gasteiger partial charge is 0.465 e. The molecule has 0 amide bonds. The summed E-state index contributed by atoms with van der Waals surface area (Å²) in [4.78, 5) is 22.9. The zero-order valence-corrected chi connectivity index (χ0v) is 16.4. The number of aromatic nitrogens is 2. The first-order chi connectivity index (χ1) is 13.3. The van der Waals surface area contributed by atoms with Crippen molar-refractivity contribution in [1.82, 2.24) is 9.78 Å². The SMILES string of the molecule is COC(=O)c1ccc(Cn2cc(NS(=O)(=O)c3ccsc3C(=O)OC)cn2)o1. The molecule has 0 saturated heterocycles. The highest BCUT2D eigenvalue weighted by molar-refractivity contribution is 7.93. The molecule has 3 aromatic rings. The Hall–Kier alpha value is -3.12. The minimum absolute atomic E-state index is 0.0201. The fourth-order valence-corrected chi connectivity index (χ4v) is 4.66. The Morgan fingerprint density at radius 1 is 1.21 bits per heavy atom. The number of esters is 2. The summed E-state index contributed by atoms with van der Waals surface area (Å²) in [6.45, 7) is 0.171. The van der Waals surface area contributed by atoms with Gasteiger partial charge in [0.1, 0.15) is 15.5 Å². The van der Waals surface area contributed by atoms with Gasteiger partial charge in [0.05, 0.1) is 32.6 Å². The van der Waals surface area contributed by atoms with Crippen LogP contribution < -0.4 is 4.72 Å². The van der Waals surface area contributed by atoms with E-state index in [1.165, 1.54) is 48.8 Å². The third-order valence-corrected chi connectivity index (χ3v) is 5.99. The van der Waals surface area contributed by atoms with Gasteiger partial charge in [0.25, 0.3) is 10.0 Å². The van der Waals surface area contributed by atoms with Crippen molar-refractivity contribution in [2.24, 2.45) is 0 Å². The minimum Gasteiger partial charge on any atom is -0.465 e. The number of hydrogen-bond acceptors (Lipinski definition) is 9. The molecule has 3 heterocycles. The third-order valence-electron chi connectivity index (χ3n) is 3.54. The van der Waals surface area contributed by atoms with Crippen LogP contribution in [0.15, 0.2) is 45.3 Å². The molecule has 10 nitrogen and oxygen atoms in total. The maximum Gasteiger partial charge on any atom is 0.373 e. The lowest BCUT2D eigenvalue weighted by atomic mass is 10.4. The van der Waals surface area contributed by atoms with E-state index in [-0.39, 0.29) is 27.8 Å². The summed E-state index contributed by atoms with van der Waals surface area (Å²) in [7, 11) is -1.58. The molecule has 3 rings (SSSR count). The highest BCUT2D eigenvalue weighted by Crippen LogP contribution is 2.25. The van der Waals surface area contributed by atoms with Crippen molar-refractivity contribution >= 4 is 39.0 Å². The van der Waals surface area contributed by atoms with Crippen LogP contribution in [0.5, 0.6) is 0 Å². The Kier molecular flexibility index (Phi) is 5.51. The van der Waals surface area contributed by atoms with Crippen LogP contribution in [0, 0.1) is 0 Å². The molecule has 0 fully saturated rings. The Morgan fingerprint density at radius 3 is 2.68 bits per heavy atom. The first kappa shape index (κ1) is 19.6. The highest BCUT2D eigenvalue weighted by atomic mass is 32.2. The number of methoxy groups -OCH3 is 2. The number of furan rings is 1. The van der Waals surface area contributed by atoms with Crippen molar-refractivity contribution in [3.8, 4) is 0 Å². The van der Waals surface area contributed by atoms with Crippen molar-refractivity contribution in [2.75, 3.05) is 18.9 Å². The van der Waals surface area contributed by atoms with Crippen LogP contribution in [-0.4, -0.2) is 44.4 Å². The van der Waals surface area contributed by atoms with Crippen LogP contribution in [0.25, 0.3) is 0 Å². The molecule has 0 aromatic carbocycles. The summed E-state index contributed by atoms with van der Waals surface area (Å²) in [5.74, 6) is -0.843. The van der Waals surface area contributed by atoms with Crippen molar-refractivity contribution < 1.29 is 31.9 Å². The Labute approximate surface area is 163 Å². The van der Waals surface area contributed by atoms with Gasteiger partial charge in [-0.05, 0) is 23.6 Å². The van der Waals surface area contributed by atoms with E-state index >= 15 is 0 Å². The second-order valence-corrected chi connectivity index (χ2v) is 7.96. The zero-order valence-electron chi connectivity index (χ0n) is 14.7. The normalized spacial score (nSPS) is 11.2. The average Bonchev–Trinajstić information content (AvgIpc) is 3.41. The van der Waals surface area contributed by atoms with E-state index in [1.807, 2.05) is 0 Å². The van der Waals surface area contributed by atoms with Crippen LogP contribution >= 0.6 is 11.3 Å². The van der Waals surface area contributed by atoms with Crippen LogP contribution in [0.4, 0.5) is 5.69 Å². The number of rotatable bonds is 7. The Morgan fingerprint density at radius 2 is 1.96 bits per heavy atom. The van der Waals surface area contributed by atoms with E-state index in [1.54, 1.807) is 6.07 Å². The molecule has 0 unspecified atom stereocenters. The van der Waals surface area contributed by atoms with Crippen LogP contribution in [0.3, 0.4) is 0 Å². The van der Waals surface area contributed by atoms with Gasteiger partial charge in [0, 0.05) is 6.20 Å². The molecule has 28 heavy (non-hydrogen) atoms. The van der Waals surface area contributed by atoms with Crippen LogP contribution in [0.2, 0.25) is 0 Å². The number of carbonyl (C=O) groups excluding carboxylic acids is 2. The molecular weight excluding hydrogens is 410 g/mol. The molecule has 0 saturated carbocycles. The number of hydrogen-bond donors (Lipinski definition) is 1. The first-order valence-electron chi connectivity index (χ1n) is 7.72. The van der Waals surface area contributed by atoms with Crippen molar-refractivity contribution in [1.29, 1.82) is 0 Å². The van der Waals surface area contributed by atoms with E-state index in [0.29, 0.717) is 5.76 Å². The van der Waals surface area contributed by atoms with Gasteiger partial charge in [0.15, 0.2) is 0 Å². The Bertz CT molecular complexity index is 1110. The number of nitrogens with zero attached hydrogens (tertiary/aromatic N) is 2. The van der Waals surface area contributed by atoms with E-state index in [4.69, 9.17) is 4.42 Å². The minimum atomic E-state index is -4.00. The standard InChI is InChI=1S/C16H15N3O7S2/c1-24-15(20)12-4-3-11(26-12)9-19-8-10(7-17-19)18-28(22,23)13-5-6-27-14(13)16(21)25-2/h3-8,18H,9H2,1-2H3. The van der Waals surface area contributed by atoms with E-state index < -0.39 is 22.0 Å². The quantitative estimate of drug-likeness (QED) is 0.569. The number of ether oxygens (including phenoxy) is 2. The molecule has 0 spiro atoms. The van der Waals surface area contributed by atoms with Gasteiger partial charge >= 0.3 is 11.9 Å². The smallest absolute Gasteiger partial charge is 0.373 e. The van der Waals surface area contributed by atoms with Gasteiger partial charge < -0.3 is 13.9 Å². The first-order valence-corrected chi connectivity index (χ1v) is 10.1. The molecule has 1 N–H and O–H groups in total. The van der Waals surface area contributed by atoms with Crippen LogP contribution in [0.1, 0.15) is 26.0 Å². The average molecular weight is 425 g/mol. The van der Waals surface area contributed by atoms with E-state index in [9.17, 15) is 18.0 Å². The predicted molar refractivity (Wildman–Crippen MR) is 97.8 cm³/mol. The number of carbonyl (C=O) groups is 2. The van der Waals surface area contributed by atoms with Gasteiger partial charge in [-0.15, -0.1) is 11.3 Å². The van der Waals surface area contributed by atoms with Crippen molar-refractivity contribution in [3.05, 3.63) is 52.4 Å². The summed E-state index contributed by atoms with van der Waals surface area (Å²) in [5, 5.41) is 5.54. The van der Waals surface area contributed by atoms with Crippen molar-refractivity contribution in [2.45, 2.75) is 11.4 Å². The molecule has 148 valence electrons. The lowest BCUT2D eigenvalue weighted by molar-refractivity contribution is 0.0561. The number of nitrogens with one attached hydrogen (secondary N) is 1. The third kappa shape index (κ3) is 4.07. The lowest BCUT2D eigenvalue weighted by Crippen LogP contribution is -2.15. The molecule has 0 aliphatic rings. The van der Waals surface area contributed by atoms with Crippen molar-refractivity contribution in [3.63, 3.8) is 0 Å². The molecule has 0 aliphatic carbocycles. The summed E-state index contributed by atoms with van der Waals surface area (Å²) < 4.78 is 43.4. The fourth-order valence-electron chi connectivity index (χ4n) is 2.30. The molecule has 0 radical (unpaired) electrons. The maximum atomic E-state index is 12.6. The predicted octanol–water partition coefficient (Wildman–Crippen LogP) is 1.96. The second-order valence-electron chi connectivity index (χ2n) is 5.40. The number of thiophene rings is 1. The summed E-state index contributed by atoms with van der Waals surface area (Å²) in [6.07, 6.45) is 2.76. The van der Waals surface area contributed by atoms with E-state index in [0.717, 1.165) is 11.3 Å². The molecule has 0 aliphatic heterocycles. The Balaban J connectivity index is 1.74. The van der Waals surface area contributed by atoms with Gasteiger partial charge in [-0.2, -0.15) is 5.10 Å². The summed E-state index contributed by atoms with van der Waals surface area (Å²) >= 11 is 0.968. The topological polar surface area (TPSA) is 130 Å². The molecule has 0 bridgehead atoms. The van der Waals surface area contributed by atoms with Gasteiger partial charge in [0.2, 0.25) is 5.76 Å². The van der Waals surface area contributed by atoms with Gasteiger partial charge in [-0.1, -0.05) is 0 Å². The lowest BCUT2D eigenvalue weighted by Gasteiger charge is -2.06. The molecule has 12 heteroatoms.